The van der Waals surface area contributed by atoms with Crippen LogP contribution < -0.4 is 16.0 Å². The van der Waals surface area contributed by atoms with Gasteiger partial charge in [-0.25, -0.2) is 9.97 Å². The standard InChI is InChI=1S/C12H17N5OS2/c1-3-5-17(2)12-16-10(13)9(20-12)11(18)15-7-8-14-4-6-19-8/h4,6H,3,5,7,13H2,1-2H3,(H,15,18). The van der Waals surface area contributed by atoms with Crippen LogP contribution in [0.5, 0.6) is 0 Å². The summed E-state index contributed by atoms with van der Waals surface area (Å²) in [7, 11) is 1.94. The predicted octanol–water partition coefficient (Wildman–Crippen LogP) is 1.96. The number of nitrogens with one attached hydrogen (secondary N) is 1. The number of nitrogens with zero attached hydrogens (tertiary/aromatic N) is 3. The molecule has 0 aliphatic heterocycles. The molecular weight excluding hydrogens is 294 g/mol. The van der Waals surface area contributed by atoms with Crippen molar-refractivity contribution in [1.29, 1.82) is 0 Å². The minimum Gasteiger partial charge on any atom is -0.382 e. The molecule has 0 bridgehead atoms. The number of thiazole rings is 2. The lowest BCUT2D eigenvalue weighted by Crippen LogP contribution is -2.22. The summed E-state index contributed by atoms with van der Waals surface area (Å²) in [6.45, 7) is 3.39. The molecule has 6 nitrogen and oxygen atoms in total. The van der Waals surface area contributed by atoms with E-state index < -0.39 is 0 Å². The summed E-state index contributed by atoms with van der Waals surface area (Å²) >= 11 is 2.82. The van der Waals surface area contributed by atoms with Crippen LogP contribution in [0.4, 0.5) is 10.9 Å². The fraction of sp³-hybridized carbons (Fsp3) is 0.417. The lowest BCUT2D eigenvalue weighted by molar-refractivity contribution is 0.0955. The van der Waals surface area contributed by atoms with Gasteiger partial charge in [0.2, 0.25) is 0 Å². The first-order chi connectivity index (χ1) is 9.61. The van der Waals surface area contributed by atoms with E-state index in [9.17, 15) is 4.79 Å². The lowest BCUT2D eigenvalue weighted by Gasteiger charge is -2.13. The van der Waals surface area contributed by atoms with Gasteiger partial charge in [0.05, 0.1) is 6.54 Å². The van der Waals surface area contributed by atoms with Crippen LogP contribution in [0.2, 0.25) is 0 Å². The van der Waals surface area contributed by atoms with Gasteiger partial charge in [0.15, 0.2) is 5.13 Å². The van der Waals surface area contributed by atoms with Crippen molar-refractivity contribution < 1.29 is 4.79 Å². The van der Waals surface area contributed by atoms with E-state index in [0.29, 0.717) is 11.4 Å². The average molecular weight is 311 g/mol. The van der Waals surface area contributed by atoms with Crippen molar-refractivity contribution in [2.24, 2.45) is 0 Å². The first kappa shape index (κ1) is 14.7. The third-order valence-corrected chi connectivity index (χ3v) is 4.58. The molecule has 0 spiro atoms. The Balaban J connectivity index is 2.02. The minimum atomic E-state index is -0.202. The van der Waals surface area contributed by atoms with Crippen LogP contribution in [-0.2, 0) is 6.54 Å². The van der Waals surface area contributed by atoms with Crippen molar-refractivity contribution >= 4 is 39.5 Å². The van der Waals surface area contributed by atoms with Crippen LogP contribution in [0.3, 0.4) is 0 Å². The second kappa shape index (κ2) is 6.67. The maximum atomic E-state index is 12.1. The van der Waals surface area contributed by atoms with E-state index in [1.807, 2.05) is 17.3 Å². The molecule has 0 radical (unpaired) electrons. The Bertz CT molecular complexity index is 566. The molecule has 0 aliphatic carbocycles. The van der Waals surface area contributed by atoms with Crippen molar-refractivity contribution in [2.75, 3.05) is 24.2 Å². The number of carbonyl (C=O) groups is 1. The molecular formula is C12H17N5OS2. The van der Waals surface area contributed by atoms with E-state index in [2.05, 4.69) is 22.2 Å². The molecule has 8 heteroatoms. The number of amides is 1. The monoisotopic (exact) mass is 311 g/mol. The molecule has 2 heterocycles. The Morgan fingerprint density at radius 2 is 2.35 bits per heavy atom. The van der Waals surface area contributed by atoms with Gasteiger partial charge in [0.25, 0.3) is 5.91 Å². The lowest BCUT2D eigenvalue weighted by atomic mass is 10.4. The fourth-order valence-corrected chi connectivity index (χ4v) is 3.10. The van der Waals surface area contributed by atoms with Gasteiger partial charge >= 0.3 is 0 Å². The van der Waals surface area contributed by atoms with Crippen LogP contribution in [-0.4, -0.2) is 29.5 Å². The molecule has 2 aromatic rings. The van der Waals surface area contributed by atoms with Crippen LogP contribution in [0.25, 0.3) is 0 Å². The first-order valence-corrected chi connectivity index (χ1v) is 7.95. The molecule has 0 aromatic carbocycles. The SMILES string of the molecule is CCCN(C)c1nc(N)c(C(=O)NCc2nccs2)s1. The molecule has 0 aliphatic rings. The van der Waals surface area contributed by atoms with Crippen LogP contribution in [0, 0.1) is 0 Å². The largest absolute Gasteiger partial charge is 0.382 e. The number of nitrogens with two attached hydrogens (primary N) is 1. The number of carbonyl (C=O) groups excluding carboxylic acids is 1. The zero-order valence-electron chi connectivity index (χ0n) is 11.4. The highest BCUT2D eigenvalue weighted by molar-refractivity contribution is 7.18. The third-order valence-electron chi connectivity index (χ3n) is 2.62. The molecule has 20 heavy (non-hydrogen) atoms. The van der Waals surface area contributed by atoms with Gasteiger partial charge in [-0.3, -0.25) is 4.79 Å². The summed E-state index contributed by atoms with van der Waals surface area (Å²) < 4.78 is 0. The molecule has 2 rings (SSSR count). The summed E-state index contributed by atoms with van der Waals surface area (Å²) in [5.74, 6) is 0.0796. The molecule has 3 N–H and O–H groups in total. The number of hydrogen-bond acceptors (Lipinski definition) is 7. The molecule has 0 unspecified atom stereocenters. The predicted molar refractivity (Wildman–Crippen MR) is 83.4 cm³/mol. The summed E-state index contributed by atoms with van der Waals surface area (Å²) in [6.07, 6.45) is 2.73. The van der Waals surface area contributed by atoms with Crippen molar-refractivity contribution in [3.8, 4) is 0 Å². The van der Waals surface area contributed by atoms with E-state index in [-0.39, 0.29) is 11.7 Å². The van der Waals surface area contributed by atoms with E-state index in [1.165, 1.54) is 22.7 Å². The number of nitrogen functional groups attached to an aromatic ring is 1. The highest BCUT2D eigenvalue weighted by Gasteiger charge is 2.17. The Labute approximate surface area is 125 Å². The number of rotatable bonds is 6. The topological polar surface area (TPSA) is 84.1 Å². The molecule has 108 valence electrons. The zero-order chi connectivity index (χ0) is 14.5. The van der Waals surface area contributed by atoms with Crippen molar-refractivity contribution in [3.63, 3.8) is 0 Å². The molecule has 0 saturated heterocycles. The number of hydrogen-bond donors (Lipinski definition) is 2. The molecule has 0 atom stereocenters. The maximum Gasteiger partial charge on any atom is 0.265 e. The first-order valence-electron chi connectivity index (χ1n) is 6.25. The summed E-state index contributed by atoms with van der Waals surface area (Å²) in [4.78, 5) is 22.9. The molecule has 0 saturated carbocycles. The quantitative estimate of drug-likeness (QED) is 0.852. The maximum absolute atomic E-state index is 12.1. The highest BCUT2D eigenvalue weighted by atomic mass is 32.1. The second-order valence-corrected chi connectivity index (χ2v) is 6.20. The number of aromatic nitrogens is 2. The molecule has 0 fully saturated rings. The Kier molecular flexibility index (Phi) is 4.91. The second-order valence-electron chi connectivity index (χ2n) is 4.24. The van der Waals surface area contributed by atoms with Gasteiger partial charge in [-0.05, 0) is 6.42 Å². The van der Waals surface area contributed by atoms with Gasteiger partial charge in [-0.15, -0.1) is 11.3 Å². The third kappa shape index (κ3) is 3.45. The van der Waals surface area contributed by atoms with Crippen LogP contribution in [0.1, 0.15) is 28.0 Å². The van der Waals surface area contributed by atoms with Crippen molar-refractivity contribution in [3.05, 3.63) is 21.5 Å². The van der Waals surface area contributed by atoms with Crippen LogP contribution in [0.15, 0.2) is 11.6 Å². The normalized spacial score (nSPS) is 10.5. The van der Waals surface area contributed by atoms with E-state index in [1.54, 1.807) is 6.20 Å². The van der Waals surface area contributed by atoms with Gasteiger partial charge < -0.3 is 16.0 Å². The van der Waals surface area contributed by atoms with Crippen molar-refractivity contribution in [2.45, 2.75) is 19.9 Å². The van der Waals surface area contributed by atoms with Gasteiger partial charge in [-0.2, -0.15) is 0 Å². The van der Waals surface area contributed by atoms with E-state index in [0.717, 1.165) is 23.1 Å². The average Bonchev–Trinajstić information content (AvgIpc) is 3.05. The Hall–Kier alpha value is -1.67. The summed E-state index contributed by atoms with van der Waals surface area (Å²) in [5, 5.41) is 6.32. The highest BCUT2D eigenvalue weighted by Crippen LogP contribution is 2.27. The van der Waals surface area contributed by atoms with Gasteiger partial charge in [0.1, 0.15) is 15.7 Å². The van der Waals surface area contributed by atoms with E-state index in [4.69, 9.17) is 5.73 Å². The smallest absolute Gasteiger partial charge is 0.265 e. The molecule has 1 amide bonds. The summed E-state index contributed by atoms with van der Waals surface area (Å²) in [5.41, 5.74) is 5.82. The van der Waals surface area contributed by atoms with Crippen molar-refractivity contribution in [1.82, 2.24) is 15.3 Å². The van der Waals surface area contributed by atoms with Crippen LogP contribution >= 0.6 is 22.7 Å². The minimum absolute atomic E-state index is 0.202. The van der Waals surface area contributed by atoms with Gasteiger partial charge in [-0.1, -0.05) is 18.3 Å². The Morgan fingerprint density at radius 3 is 3.00 bits per heavy atom. The van der Waals surface area contributed by atoms with E-state index >= 15 is 0 Å². The zero-order valence-corrected chi connectivity index (χ0v) is 13.1. The van der Waals surface area contributed by atoms with Gasteiger partial charge in [0, 0.05) is 25.2 Å². The molecule has 2 aromatic heterocycles. The fourth-order valence-electron chi connectivity index (χ4n) is 1.65. The summed E-state index contributed by atoms with van der Waals surface area (Å²) in [6, 6.07) is 0. The number of anilines is 2. The Morgan fingerprint density at radius 1 is 1.55 bits per heavy atom.